The molecule has 126 valence electrons. The van der Waals surface area contributed by atoms with Crippen molar-refractivity contribution in [3.05, 3.63) is 46.4 Å². The van der Waals surface area contributed by atoms with Crippen molar-refractivity contribution in [2.75, 3.05) is 24.5 Å². The Morgan fingerprint density at radius 2 is 1.83 bits per heavy atom. The molecule has 0 spiro atoms. The Balaban J connectivity index is 1.49. The van der Waals surface area contributed by atoms with Crippen LogP contribution in [0.4, 0.5) is 5.69 Å². The number of amides is 1. The molecule has 2 aliphatic rings. The van der Waals surface area contributed by atoms with E-state index in [1.165, 1.54) is 24.9 Å². The number of nitrogens with zero attached hydrogens (tertiary/aromatic N) is 3. The number of rotatable bonds is 3. The first kappa shape index (κ1) is 15.6. The van der Waals surface area contributed by atoms with Crippen molar-refractivity contribution in [3.8, 4) is 0 Å². The molecule has 4 rings (SSSR count). The summed E-state index contributed by atoms with van der Waals surface area (Å²) in [6.45, 7) is 3.09. The van der Waals surface area contributed by atoms with Gasteiger partial charge in [0.25, 0.3) is 5.91 Å². The smallest absolute Gasteiger partial charge is 0.254 e. The second-order valence-electron chi connectivity index (χ2n) is 6.62. The Morgan fingerprint density at radius 1 is 1.04 bits per heavy atom. The molecule has 1 amide bonds. The van der Waals surface area contributed by atoms with Gasteiger partial charge < -0.3 is 9.80 Å². The van der Waals surface area contributed by atoms with Gasteiger partial charge in [-0.3, -0.25) is 4.79 Å². The van der Waals surface area contributed by atoms with Gasteiger partial charge in [0, 0.05) is 42.5 Å². The van der Waals surface area contributed by atoms with E-state index in [4.69, 9.17) is 0 Å². The number of likely N-dealkylation sites (tertiary alicyclic amines) is 1. The van der Waals surface area contributed by atoms with E-state index in [9.17, 15) is 4.79 Å². The second-order valence-corrected chi connectivity index (χ2v) is 7.55. The van der Waals surface area contributed by atoms with Gasteiger partial charge in [-0.25, -0.2) is 4.98 Å². The van der Waals surface area contributed by atoms with Crippen LogP contribution in [0.2, 0.25) is 0 Å². The van der Waals surface area contributed by atoms with Crippen LogP contribution in [-0.2, 0) is 0 Å². The molecule has 1 aromatic carbocycles. The van der Waals surface area contributed by atoms with E-state index in [-0.39, 0.29) is 11.9 Å². The number of hydrogen-bond acceptors (Lipinski definition) is 4. The van der Waals surface area contributed by atoms with Gasteiger partial charge in [0.15, 0.2) is 0 Å². The molecule has 0 saturated carbocycles. The third-order valence-electron chi connectivity index (χ3n) is 5.09. The molecule has 0 aliphatic carbocycles. The van der Waals surface area contributed by atoms with Crippen LogP contribution in [0.1, 0.15) is 53.5 Å². The van der Waals surface area contributed by atoms with Crippen molar-refractivity contribution in [1.29, 1.82) is 0 Å². The number of hydrogen-bond donors (Lipinski definition) is 0. The minimum absolute atomic E-state index is 0.137. The molecule has 0 radical (unpaired) electrons. The van der Waals surface area contributed by atoms with Crippen molar-refractivity contribution < 1.29 is 4.79 Å². The second kappa shape index (κ2) is 6.93. The van der Waals surface area contributed by atoms with Crippen LogP contribution < -0.4 is 4.90 Å². The van der Waals surface area contributed by atoms with Crippen molar-refractivity contribution in [1.82, 2.24) is 9.88 Å². The highest BCUT2D eigenvalue weighted by molar-refractivity contribution is 7.09. The predicted molar refractivity (Wildman–Crippen MR) is 97.6 cm³/mol. The van der Waals surface area contributed by atoms with Gasteiger partial charge in [0.05, 0.1) is 6.04 Å². The molecule has 3 heterocycles. The number of piperidine rings is 1. The molecule has 4 nitrogen and oxygen atoms in total. The normalized spacial score (nSPS) is 21.2. The SMILES string of the molecule is O=C(c1ccc(N2CCCCC2)cc1)N1CCCC1c1nccs1. The first-order chi connectivity index (χ1) is 11.8. The summed E-state index contributed by atoms with van der Waals surface area (Å²) in [4.78, 5) is 21.8. The topological polar surface area (TPSA) is 36.4 Å². The lowest BCUT2D eigenvalue weighted by Crippen LogP contribution is -2.31. The number of carbonyl (C=O) groups is 1. The van der Waals surface area contributed by atoms with Crippen LogP contribution >= 0.6 is 11.3 Å². The molecule has 2 saturated heterocycles. The average Bonchev–Trinajstić information content (AvgIpc) is 3.33. The molecule has 2 aliphatic heterocycles. The number of carbonyl (C=O) groups excluding carboxylic acids is 1. The van der Waals surface area contributed by atoms with Crippen molar-refractivity contribution in [2.24, 2.45) is 0 Å². The lowest BCUT2D eigenvalue weighted by molar-refractivity contribution is 0.0735. The molecular weight excluding hydrogens is 318 g/mol. The van der Waals surface area contributed by atoms with Gasteiger partial charge >= 0.3 is 0 Å². The summed E-state index contributed by atoms with van der Waals surface area (Å²) in [7, 11) is 0. The van der Waals surface area contributed by atoms with E-state index in [1.54, 1.807) is 11.3 Å². The van der Waals surface area contributed by atoms with E-state index in [0.717, 1.165) is 43.0 Å². The highest BCUT2D eigenvalue weighted by atomic mass is 32.1. The zero-order chi connectivity index (χ0) is 16.4. The molecule has 1 unspecified atom stereocenters. The zero-order valence-corrected chi connectivity index (χ0v) is 14.7. The molecule has 1 atom stereocenters. The van der Waals surface area contributed by atoms with Crippen molar-refractivity contribution in [3.63, 3.8) is 0 Å². The average molecular weight is 341 g/mol. The van der Waals surface area contributed by atoms with Gasteiger partial charge in [0.2, 0.25) is 0 Å². The monoisotopic (exact) mass is 341 g/mol. The van der Waals surface area contributed by atoms with Gasteiger partial charge in [-0.1, -0.05) is 0 Å². The highest BCUT2D eigenvalue weighted by Gasteiger charge is 2.32. The summed E-state index contributed by atoms with van der Waals surface area (Å²) < 4.78 is 0. The van der Waals surface area contributed by atoms with Crippen molar-refractivity contribution in [2.45, 2.75) is 38.1 Å². The van der Waals surface area contributed by atoms with Crippen LogP contribution in [-0.4, -0.2) is 35.4 Å². The van der Waals surface area contributed by atoms with Crippen LogP contribution in [0.3, 0.4) is 0 Å². The van der Waals surface area contributed by atoms with Gasteiger partial charge in [-0.2, -0.15) is 0 Å². The van der Waals surface area contributed by atoms with Crippen LogP contribution in [0.25, 0.3) is 0 Å². The standard InChI is InChI=1S/C19H23N3OS/c23-19(22-13-4-5-17(22)18-20-10-14-24-18)15-6-8-16(9-7-15)21-11-2-1-3-12-21/h6-10,14,17H,1-5,11-13H2. The maximum absolute atomic E-state index is 12.9. The van der Waals surface area contributed by atoms with Gasteiger partial charge in [-0.05, 0) is 56.4 Å². The van der Waals surface area contributed by atoms with Crippen LogP contribution in [0.5, 0.6) is 0 Å². The van der Waals surface area contributed by atoms with E-state index in [0.29, 0.717) is 0 Å². The summed E-state index contributed by atoms with van der Waals surface area (Å²) >= 11 is 1.65. The maximum Gasteiger partial charge on any atom is 0.254 e. The fourth-order valence-corrected chi connectivity index (χ4v) is 4.58. The minimum Gasteiger partial charge on any atom is -0.372 e. The lowest BCUT2D eigenvalue weighted by Gasteiger charge is -2.29. The predicted octanol–water partition coefficient (Wildman–Crippen LogP) is 4.11. The lowest BCUT2D eigenvalue weighted by atomic mass is 10.1. The Labute approximate surface area is 147 Å². The summed E-state index contributed by atoms with van der Waals surface area (Å²) in [6.07, 6.45) is 7.77. The van der Waals surface area contributed by atoms with E-state index < -0.39 is 0 Å². The Hall–Kier alpha value is -1.88. The molecule has 2 fully saturated rings. The molecule has 5 heteroatoms. The number of thiazole rings is 1. The van der Waals surface area contributed by atoms with Gasteiger partial charge in [-0.15, -0.1) is 11.3 Å². The first-order valence-electron chi connectivity index (χ1n) is 8.88. The van der Waals surface area contributed by atoms with E-state index in [1.807, 2.05) is 28.6 Å². The van der Waals surface area contributed by atoms with Crippen LogP contribution in [0.15, 0.2) is 35.8 Å². The molecule has 0 bridgehead atoms. The number of aromatic nitrogens is 1. The van der Waals surface area contributed by atoms with Gasteiger partial charge in [0.1, 0.15) is 5.01 Å². The van der Waals surface area contributed by atoms with E-state index >= 15 is 0 Å². The first-order valence-corrected chi connectivity index (χ1v) is 9.76. The quantitative estimate of drug-likeness (QED) is 0.843. The Bertz CT molecular complexity index is 677. The molecule has 24 heavy (non-hydrogen) atoms. The minimum atomic E-state index is 0.137. The zero-order valence-electron chi connectivity index (χ0n) is 13.9. The third kappa shape index (κ3) is 3.05. The fraction of sp³-hybridized carbons (Fsp3) is 0.474. The Kier molecular flexibility index (Phi) is 4.52. The van der Waals surface area contributed by atoms with E-state index in [2.05, 4.69) is 22.0 Å². The molecule has 1 aromatic heterocycles. The Morgan fingerprint density at radius 3 is 2.54 bits per heavy atom. The summed E-state index contributed by atoms with van der Waals surface area (Å²) in [5.74, 6) is 0.137. The maximum atomic E-state index is 12.9. The number of benzene rings is 1. The van der Waals surface area contributed by atoms with Crippen LogP contribution in [0, 0.1) is 0 Å². The molecule has 2 aromatic rings. The number of anilines is 1. The molecule has 0 N–H and O–H groups in total. The summed E-state index contributed by atoms with van der Waals surface area (Å²) in [5.41, 5.74) is 2.03. The highest BCUT2D eigenvalue weighted by Crippen LogP contribution is 2.34. The van der Waals surface area contributed by atoms with Crippen molar-refractivity contribution >= 4 is 22.9 Å². The fourth-order valence-electron chi connectivity index (χ4n) is 3.80. The third-order valence-corrected chi connectivity index (χ3v) is 5.96. The summed E-state index contributed by atoms with van der Waals surface area (Å²) in [6, 6.07) is 8.34. The molecular formula is C19H23N3OS. The largest absolute Gasteiger partial charge is 0.372 e. The summed E-state index contributed by atoms with van der Waals surface area (Å²) in [5, 5.41) is 3.05.